The first-order valence-corrected chi connectivity index (χ1v) is 1.68. The second-order valence-corrected chi connectivity index (χ2v) is 0.689. The molecule has 0 aliphatic heterocycles. The first-order valence-electron chi connectivity index (χ1n) is 1.68. The van der Waals surface area contributed by atoms with E-state index in [2.05, 4.69) is 28.5 Å². The average Bonchev–Trinajstić information content (AvgIpc) is 2.17. The molecule has 0 aromatic carbocycles. The van der Waals surface area contributed by atoms with Crippen molar-refractivity contribution < 1.29 is 0 Å². The summed E-state index contributed by atoms with van der Waals surface area (Å²) in [7, 11) is 4.15. The van der Waals surface area contributed by atoms with E-state index < -0.39 is 0 Å². The molecule has 0 saturated carbocycles. The van der Waals surface area contributed by atoms with E-state index in [4.69, 9.17) is 5.26 Å². The molecule has 1 rings (SSSR count). The number of nitrogens with one attached hydrogen (secondary N) is 1. The van der Waals surface area contributed by atoms with Crippen LogP contribution in [0, 0.1) is 11.2 Å². The lowest BCUT2D eigenvalue weighted by atomic mass is 10.2. The molecule has 2 radical (unpaired) electrons. The predicted molar refractivity (Wildman–Crippen MR) is 25.5 cm³/mol. The van der Waals surface area contributed by atoms with Crippen LogP contribution >= 0.6 is 0 Å². The summed E-state index contributed by atoms with van der Waals surface area (Å²) >= 11 is 0. The van der Waals surface area contributed by atoms with Gasteiger partial charge >= 0.3 is 0 Å². The van der Waals surface area contributed by atoms with Crippen LogP contribution in [0.15, 0.2) is 6.33 Å². The van der Waals surface area contributed by atoms with E-state index in [1.165, 1.54) is 12.3 Å². The molecule has 0 atom stereocenters. The highest BCUT2D eigenvalue weighted by Crippen LogP contribution is 1.43. The zero-order valence-electron chi connectivity index (χ0n) is 3.94. The number of H-pyrrole nitrogens is 1. The zero-order valence-corrected chi connectivity index (χ0v) is 3.94. The topological polar surface area (TPSA) is 78.2 Å². The lowest BCUT2D eigenvalue weighted by molar-refractivity contribution is 0.881. The van der Waals surface area contributed by atoms with Crippen LogP contribution < -0.4 is 0 Å². The monoisotopic (exact) mass is 107 g/mol. The molecule has 0 unspecified atom stereocenters. The van der Waals surface area contributed by atoms with E-state index >= 15 is 0 Å². The van der Waals surface area contributed by atoms with Crippen LogP contribution in [0.25, 0.3) is 0 Å². The summed E-state index contributed by atoms with van der Waals surface area (Å²) in [4.78, 5) is 0. The normalized spacial score (nSPS) is 5.88. The Morgan fingerprint density at radius 3 is 2.50 bits per heavy atom. The van der Waals surface area contributed by atoms with Crippen molar-refractivity contribution in [2.75, 3.05) is 0 Å². The Kier molecular flexibility index (Phi) is 4.66. The van der Waals surface area contributed by atoms with Crippen molar-refractivity contribution in [2.45, 2.75) is 0 Å². The van der Waals surface area contributed by atoms with Crippen LogP contribution in [-0.2, 0) is 0 Å². The van der Waals surface area contributed by atoms with Gasteiger partial charge in [0.2, 0.25) is 7.85 Å². The maximum atomic E-state index is 7.10. The molecule has 0 saturated heterocycles. The highest BCUT2D eigenvalue weighted by atomic mass is 15.5. The minimum Gasteiger partial charge on any atom is -0.214 e. The first-order chi connectivity index (χ1) is 3.91. The fourth-order valence-electron chi connectivity index (χ4n) is 0.129. The molecule has 0 bridgehead atoms. The molecular weight excluding hydrogens is 105 g/mol. The number of nitrogens with zero attached hydrogens (tertiary/aromatic N) is 4. The molecule has 0 spiro atoms. The number of tetrazole rings is 1. The van der Waals surface area contributed by atoms with E-state index in [0.29, 0.717) is 0 Å². The van der Waals surface area contributed by atoms with Gasteiger partial charge < -0.3 is 0 Å². The highest BCUT2D eigenvalue weighted by Gasteiger charge is 1.58. The molecule has 1 aromatic heterocycles. The van der Waals surface area contributed by atoms with E-state index in [1.54, 1.807) is 0 Å². The van der Waals surface area contributed by atoms with Crippen LogP contribution in [0.2, 0.25) is 0 Å². The minimum atomic E-state index is 1.25. The van der Waals surface area contributed by atoms with Gasteiger partial charge in [-0.3, -0.25) is 0 Å². The third-order valence-electron chi connectivity index (χ3n) is 0.270. The fourth-order valence-corrected chi connectivity index (χ4v) is 0.129. The molecule has 1 aromatic rings. The maximum Gasteiger partial charge on any atom is 0.229 e. The van der Waals surface area contributed by atoms with Crippen molar-refractivity contribution >= 4 is 7.85 Å². The largest absolute Gasteiger partial charge is 0.229 e. The second kappa shape index (κ2) is 5.62. The number of hydrogen-bond donors (Lipinski definition) is 1. The van der Waals surface area contributed by atoms with Gasteiger partial charge in [-0.1, -0.05) is 5.21 Å². The number of hydrogen-bond acceptors (Lipinski definition) is 4. The summed E-state index contributed by atoms with van der Waals surface area (Å²) in [6, 6.07) is 0. The molecular formula is C2H2BN5. The SMILES string of the molecule is [B]C#N.c1nn[nH]n1. The Hall–Kier alpha value is -1.38. The molecule has 6 heteroatoms. The minimum absolute atomic E-state index is 1.25. The van der Waals surface area contributed by atoms with Gasteiger partial charge in [-0.15, -0.1) is 10.2 Å². The van der Waals surface area contributed by atoms with Gasteiger partial charge in [-0.25, -0.2) is 5.26 Å². The Bertz CT molecular complexity index is 123. The van der Waals surface area contributed by atoms with E-state index in [1.807, 2.05) is 0 Å². The molecule has 5 nitrogen and oxygen atoms in total. The van der Waals surface area contributed by atoms with Crippen LogP contribution in [0.1, 0.15) is 0 Å². The van der Waals surface area contributed by atoms with Gasteiger partial charge in [0.05, 0.1) is 0 Å². The standard InChI is InChI=1S/CBN.CH2N4/c2-1-3;1-2-4-5-3-1/h;1H,(H,2,3,4,5). The molecule has 1 heterocycles. The van der Waals surface area contributed by atoms with Crippen molar-refractivity contribution in [3.63, 3.8) is 0 Å². The Morgan fingerprint density at radius 2 is 2.38 bits per heavy atom. The van der Waals surface area contributed by atoms with Crippen molar-refractivity contribution in [3.05, 3.63) is 6.33 Å². The van der Waals surface area contributed by atoms with Crippen molar-refractivity contribution in [3.8, 4) is 5.97 Å². The number of nitriles is 1. The van der Waals surface area contributed by atoms with Gasteiger partial charge in [0.1, 0.15) is 0 Å². The predicted octanol–water partition coefficient (Wildman–Crippen LogP) is -1.16. The molecule has 1 N–H and O–H groups in total. The fraction of sp³-hybridized carbons (Fsp3) is 0. The van der Waals surface area contributed by atoms with E-state index in [0.717, 1.165) is 0 Å². The molecule has 0 fully saturated rings. The van der Waals surface area contributed by atoms with Crippen molar-refractivity contribution in [2.24, 2.45) is 0 Å². The lowest BCUT2D eigenvalue weighted by Gasteiger charge is -1.44. The van der Waals surface area contributed by atoms with E-state index in [-0.39, 0.29) is 0 Å². The van der Waals surface area contributed by atoms with Crippen molar-refractivity contribution in [1.82, 2.24) is 20.6 Å². The van der Waals surface area contributed by atoms with Gasteiger partial charge in [0.15, 0.2) is 6.33 Å². The Balaban J connectivity index is 0.000000145. The summed E-state index contributed by atoms with van der Waals surface area (Å²) in [6.45, 7) is 0. The average molecular weight is 107 g/mol. The summed E-state index contributed by atoms with van der Waals surface area (Å²) < 4.78 is 0. The summed E-state index contributed by atoms with van der Waals surface area (Å²) in [5.74, 6) is 1.25. The van der Waals surface area contributed by atoms with Crippen molar-refractivity contribution in [1.29, 1.82) is 5.26 Å². The number of rotatable bonds is 0. The molecule has 0 aliphatic rings. The van der Waals surface area contributed by atoms with Gasteiger partial charge in [0.25, 0.3) is 0 Å². The molecule has 8 heavy (non-hydrogen) atoms. The third kappa shape index (κ3) is 4.62. The first kappa shape index (κ1) is 6.62. The molecule has 0 aliphatic carbocycles. The van der Waals surface area contributed by atoms with Crippen LogP contribution in [0.3, 0.4) is 0 Å². The van der Waals surface area contributed by atoms with Crippen LogP contribution in [-0.4, -0.2) is 28.5 Å². The van der Waals surface area contributed by atoms with Crippen LogP contribution in [0.5, 0.6) is 0 Å². The Labute approximate surface area is 47.1 Å². The van der Waals surface area contributed by atoms with Gasteiger partial charge in [0, 0.05) is 0 Å². The van der Waals surface area contributed by atoms with Crippen LogP contribution in [0.4, 0.5) is 0 Å². The molecule has 0 amide bonds. The number of aromatic nitrogens is 4. The summed E-state index contributed by atoms with van der Waals surface area (Å²) in [6.07, 6.45) is 1.33. The maximum absolute atomic E-state index is 7.10. The lowest BCUT2D eigenvalue weighted by Crippen LogP contribution is -1.64. The highest BCUT2D eigenvalue weighted by molar-refractivity contribution is 6.20. The summed E-state index contributed by atoms with van der Waals surface area (Å²) in [5.41, 5.74) is 0. The second-order valence-electron chi connectivity index (χ2n) is 0.689. The Morgan fingerprint density at radius 1 is 1.75 bits per heavy atom. The smallest absolute Gasteiger partial charge is 0.214 e. The van der Waals surface area contributed by atoms with Gasteiger partial charge in [-0.2, -0.15) is 5.21 Å². The van der Waals surface area contributed by atoms with Gasteiger partial charge in [-0.05, 0) is 5.97 Å². The zero-order chi connectivity index (χ0) is 6.24. The summed E-state index contributed by atoms with van der Waals surface area (Å²) in [5, 5.41) is 19.3. The number of aromatic amines is 1. The molecule has 38 valence electrons. The quantitative estimate of drug-likeness (QED) is 0.424. The third-order valence-corrected chi connectivity index (χ3v) is 0.270. The van der Waals surface area contributed by atoms with E-state index in [9.17, 15) is 0 Å².